The third-order valence-corrected chi connectivity index (χ3v) is 6.22. The summed E-state index contributed by atoms with van der Waals surface area (Å²) in [5.74, 6) is 0.814. The van der Waals surface area contributed by atoms with Crippen LogP contribution in [0.25, 0.3) is 0 Å². The van der Waals surface area contributed by atoms with Gasteiger partial charge in [-0.25, -0.2) is 0 Å². The van der Waals surface area contributed by atoms with Gasteiger partial charge in [-0.1, -0.05) is 25.1 Å². The fourth-order valence-corrected chi connectivity index (χ4v) is 4.96. The van der Waals surface area contributed by atoms with Crippen LogP contribution in [-0.4, -0.2) is 55.6 Å². The minimum Gasteiger partial charge on any atom is -0.369 e. The lowest BCUT2D eigenvalue weighted by Gasteiger charge is -2.36. The molecular formula is C21H31N3. The Kier molecular flexibility index (Phi) is 4.40. The number of piperazine rings is 1. The van der Waals surface area contributed by atoms with Gasteiger partial charge in [-0.05, 0) is 62.0 Å². The number of fused-ring (bicyclic) bond motifs is 5. The van der Waals surface area contributed by atoms with Crippen molar-refractivity contribution in [1.82, 2.24) is 9.80 Å². The molecule has 1 aliphatic carbocycles. The zero-order valence-corrected chi connectivity index (χ0v) is 15.3. The van der Waals surface area contributed by atoms with Crippen molar-refractivity contribution in [2.75, 3.05) is 50.7 Å². The Bertz CT molecular complexity index is 616. The summed E-state index contributed by atoms with van der Waals surface area (Å²) >= 11 is 0. The molecule has 1 aromatic rings. The van der Waals surface area contributed by atoms with Gasteiger partial charge >= 0.3 is 0 Å². The fraction of sp³-hybridized carbons (Fsp3) is 0.619. The van der Waals surface area contributed by atoms with Crippen molar-refractivity contribution in [3.8, 4) is 0 Å². The molecule has 0 spiro atoms. The Hall–Kier alpha value is -1.32. The van der Waals surface area contributed by atoms with Gasteiger partial charge in [-0.3, -0.25) is 9.80 Å². The standard InChI is InChI=1S/C21H31N3/c1-4-23-8-7-17-13-21(23)20-14-18(5-6-19(17)20)24-11-9-22(10-12-24)15-16(2)3/h5-6,14,17,21H,2,4,7-13,15H2,1,3H3. The molecule has 3 heteroatoms. The fourth-order valence-electron chi connectivity index (χ4n) is 4.96. The molecule has 0 radical (unpaired) electrons. The van der Waals surface area contributed by atoms with Gasteiger partial charge in [-0.2, -0.15) is 0 Å². The van der Waals surface area contributed by atoms with Crippen LogP contribution in [0.3, 0.4) is 0 Å². The molecule has 2 saturated heterocycles. The Balaban J connectivity index is 1.50. The van der Waals surface area contributed by atoms with E-state index in [0.29, 0.717) is 6.04 Å². The molecule has 2 bridgehead atoms. The summed E-state index contributed by atoms with van der Waals surface area (Å²) in [4.78, 5) is 7.78. The molecule has 3 nitrogen and oxygen atoms in total. The number of rotatable bonds is 4. The molecule has 4 rings (SSSR count). The second-order valence-electron chi connectivity index (χ2n) is 7.90. The number of hydrogen-bond acceptors (Lipinski definition) is 3. The van der Waals surface area contributed by atoms with E-state index in [0.717, 1.165) is 38.6 Å². The second-order valence-corrected chi connectivity index (χ2v) is 7.90. The number of likely N-dealkylation sites (tertiary alicyclic amines) is 1. The topological polar surface area (TPSA) is 9.72 Å². The van der Waals surface area contributed by atoms with Crippen LogP contribution in [0, 0.1) is 0 Å². The van der Waals surface area contributed by atoms with Gasteiger partial charge in [0, 0.05) is 44.5 Å². The van der Waals surface area contributed by atoms with Gasteiger partial charge in [0.2, 0.25) is 0 Å². The van der Waals surface area contributed by atoms with Crippen LogP contribution in [0.1, 0.15) is 49.8 Å². The van der Waals surface area contributed by atoms with E-state index in [1.54, 1.807) is 11.1 Å². The lowest BCUT2D eigenvalue weighted by molar-refractivity contribution is 0.161. The lowest BCUT2D eigenvalue weighted by Crippen LogP contribution is -2.46. The highest BCUT2D eigenvalue weighted by atomic mass is 15.3. The quantitative estimate of drug-likeness (QED) is 0.783. The van der Waals surface area contributed by atoms with Crippen molar-refractivity contribution in [1.29, 1.82) is 0 Å². The average Bonchev–Trinajstić information content (AvgIpc) is 2.88. The van der Waals surface area contributed by atoms with E-state index in [1.165, 1.54) is 37.2 Å². The van der Waals surface area contributed by atoms with Crippen molar-refractivity contribution in [2.24, 2.45) is 0 Å². The number of anilines is 1. The van der Waals surface area contributed by atoms with Crippen molar-refractivity contribution in [2.45, 2.75) is 38.6 Å². The monoisotopic (exact) mass is 325 g/mol. The van der Waals surface area contributed by atoms with Crippen LogP contribution in [-0.2, 0) is 0 Å². The minimum atomic E-state index is 0.674. The Morgan fingerprint density at radius 3 is 2.62 bits per heavy atom. The number of nitrogens with zero attached hydrogens (tertiary/aromatic N) is 3. The zero-order chi connectivity index (χ0) is 16.7. The number of benzene rings is 1. The van der Waals surface area contributed by atoms with E-state index >= 15 is 0 Å². The molecule has 24 heavy (non-hydrogen) atoms. The van der Waals surface area contributed by atoms with E-state index in [1.807, 2.05) is 0 Å². The first-order valence-electron chi connectivity index (χ1n) is 9.65. The molecule has 0 aromatic heterocycles. The summed E-state index contributed by atoms with van der Waals surface area (Å²) in [6.07, 6.45) is 2.69. The molecule has 1 aromatic carbocycles. The van der Waals surface area contributed by atoms with Crippen LogP contribution in [0.4, 0.5) is 5.69 Å². The molecule has 2 heterocycles. The van der Waals surface area contributed by atoms with Crippen LogP contribution < -0.4 is 4.90 Å². The summed E-state index contributed by atoms with van der Waals surface area (Å²) in [5.41, 5.74) is 5.97. The predicted octanol–water partition coefficient (Wildman–Crippen LogP) is 3.64. The van der Waals surface area contributed by atoms with Crippen LogP contribution in [0.15, 0.2) is 30.4 Å². The number of piperidine rings is 1. The van der Waals surface area contributed by atoms with Gasteiger partial charge in [0.1, 0.15) is 0 Å². The maximum Gasteiger partial charge on any atom is 0.0370 e. The summed E-state index contributed by atoms with van der Waals surface area (Å²) in [7, 11) is 0. The molecule has 2 aliphatic heterocycles. The maximum absolute atomic E-state index is 4.05. The third kappa shape index (κ3) is 2.89. The number of hydrogen-bond donors (Lipinski definition) is 0. The smallest absolute Gasteiger partial charge is 0.0370 e. The molecule has 130 valence electrons. The highest BCUT2D eigenvalue weighted by Crippen LogP contribution is 2.49. The second kappa shape index (κ2) is 6.53. The molecule has 0 amide bonds. The lowest BCUT2D eigenvalue weighted by atomic mass is 9.95. The first-order chi connectivity index (χ1) is 11.7. The summed E-state index contributed by atoms with van der Waals surface area (Å²) in [6, 6.07) is 8.01. The summed E-state index contributed by atoms with van der Waals surface area (Å²) in [5, 5.41) is 0. The Labute approximate surface area is 146 Å². The van der Waals surface area contributed by atoms with Crippen molar-refractivity contribution in [3.63, 3.8) is 0 Å². The van der Waals surface area contributed by atoms with E-state index in [9.17, 15) is 0 Å². The first-order valence-corrected chi connectivity index (χ1v) is 9.65. The molecule has 2 unspecified atom stereocenters. The molecule has 0 saturated carbocycles. The summed E-state index contributed by atoms with van der Waals surface area (Å²) < 4.78 is 0. The summed E-state index contributed by atoms with van der Waals surface area (Å²) in [6.45, 7) is 16.6. The predicted molar refractivity (Wildman–Crippen MR) is 102 cm³/mol. The van der Waals surface area contributed by atoms with E-state index < -0.39 is 0 Å². The SMILES string of the molecule is C=C(C)CN1CCN(c2ccc3c(c2)C2CC3CCN2CC)CC1. The van der Waals surface area contributed by atoms with E-state index in [4.69, 9.17) is 0 Å². The van der Waals surface area contributed by atoms with E-state index in [2.05, 4.69) is 53.3 Å². The molecule has 2 fully saturated rings. The van der Waals surface area contributed by atoms with Crippen LogP contribution in [0.5, 0.6) is 0 Å². The highest BCUT2D eigenvalue weighted by molar-refractivity contribution is 5.55. The Morgan fingerprint density at radius 2 is 1.92 bits per heavy atom. The van der Waals surface area contributed by atoms with Crippen LogP contribution in [0.2, 0.25) is 0 Å². The minimum absolute atomic E-state index is 0.674. The Morgan fingerprint density at radius 1 is 1.12 bits per heavy atom. The van der Waals surface area contributed by atoms with Crippen molar-refractivity contribution < 1.29 is 0 Å². The maximum atomic E-state index is 4.05. The van der Waals surface area contributed by atoms with Crippen LogP contribution >= 0.6 is 0 Å². The van der Waals surface area contributed by atoms with Gasteiger partial charge in [0.15, 0.2) is 0 Å². The van der Waals surface area contributed by atoms with Gasteiger partial charge < -0.3 is 4.90 Å². The van der Waals surface area contributed by atoms with Crippen molar-refractivity contribution in [3.05, 3.63) is 41.5 Å². The van der Waals surface area contributed by atoms with Gasteiger partial charge in [0.25, 0.3) is 0 Å². The highest BCUT2D eigenvalue weighted by Gasteiger charge is 2.38. The van der Waals surface area contributed by atoms with E-state index in [-0.39, 0.29) is 0 Å². The molecule has 0 N–H and O–H groups in total. The van der Waals surface area contributed by atoms with Gasteiger partial charge in [0.05, 0.1) is 0 Å². The largest absolute Gasteiger partial charge is 0.369 e. The average molecular weight is 326 g/mol. The first kappa shape index (κ1) is 16.2. The molecule has 3 aliphatic rings. The molecule has 2 atom stereocenters. The zero-order valence-electron chi connectivity index (χ0n) is 15.3. The normalized spacial score (nSPS) is 27.3. The van der Waals surface area contributed by atoms with Gasteiger partial charge in [-0.15, -0.1) is 0 Å². The molecular weight excluding hydrogens is 294 g/mol. The van der Waals surface area contributed by atoms with Crippen molar-refractivity contribution >= 4 is 5.69 Å². The third-order valence-electron chi connectivity index (χ3n) is 6.22.